The van der Waals surface area contributed by atoms with Gasteiger partial charge in [0.05, 0.1) is 6.54 Å². The molecule has 0 saturated carbocycles. The summed E-state index contributed by atoms with van der Waals surface area (Å²) in [5.41, 5.74) is 0.285. The van der Waals surface area contributed by atoms with Crippen LogP contribution >= 0.6 is 0 Å². The van der Waals surface area contributed by atoms with Crippen LogP contribution in [0.5, 0.6) is 0 Å². The molecule has 0 radical (unpaired) electrons. The van der Waals surface area contributed by atoms with Crippen molar-refractivity contribution in [3.63, 3.8) is 0 Å². The third kappa shape index (κ3) is 2.33. The van der Waals surface area contributed by atoms with Crippen molar-refractivity contribution in [2.24, 2.45) is 0 Å². The SMILES string of the molecule is CC1(NCCn2cccn2)CCNC1. The molecule has 1 aliphatic rings. The maximum absolute atomic E-state index is 4.16. The number of rotatable bonds is 4. The summed E-state index contributed by atoms with van der Waals surface area (Å²) in [6, 6.07) is 1.96. The van der Waals surface area contributed by atoms with E-state index in [-0.39, 0.29) is 5.54 Å². The third-order valence-corrected chi connectivity index (χ3v) is 2.82. The van der Waals surface area contributed by atoms with Crippen LogP contribution < -0.4 is 10.6 Å². The molecule has 2 rings (SSSR count). The monoisotopic (exact) mass is 194 g/mol. The van der Waals surface area contributed by atoms with Crippen molar-refractivity contribution in [3.05, 3.63) is 18.5 Å². The van der Waals surface area contributed by atoms with Gasteiger partial charge in [0.15, 0.2) is 0 Å². The Bertz CT molecular complexity index is 262. The first-order chi connectivity index (χ1) is 6.79. The maximum Gasteiger partial charge on any atom is 0.0534 e. The standard InChI is InChI=1S/C10H18N4/c1-10(3-5-11-9-10)12-6-8-14-7-2-4-13-14/h2,4,7,11-12H,3,5-6,8-9H2,1H3. The zero-order chi connectivity index (χ0) is 9.86. The molecule has 4 heteroatoms. The van der Waals surface area contributed by atoms with E-state index in [9.17, 15) is 0 Å². The van der Waals surface area contributed by atoms with Gasteiger partial charge in [-0.05, 0) is 26.0 Å². The third-order valence-electron chi connectivity index (χ3n) is 2.82. The predicted molar refractivity (Wildman–Crippen MR) is 56.1 cm³/mol. The topological polar surface area (TPSA) is 41.9 Å². The Labute approximate surface area is 84.7 Å². The van der Waals surface area contributed by atoms with E-state index >= 15 is 0 Å². The Hall–Kier alpha value is -0.870. The van der Waals surface area contributed by atoms with Gasteiger partial charge in [-0.15, -0.1) is 0 Å². The average Bonchev–Trinajstić information content (AvgIpc) is 2.77. The lowest BCUT2D eigenvalue weighted by Crippen LogP contribution is -2.45. The number of hydrogen-bond donors (Lipinski definition) is 2. The van der Waals surface area contributed by atoms with Gasteiger partial charge < -0.3 is 10.6 Å². The highest BCUT2D eigenvalue weighted by Crippen LogP contribution is 2.12. The number of aromatic nitrogens is 2. The lowest BCUT2D eigenvalue weighted by molar-refractivity contribution is 0.373. The lowest BCUT2D eigenvalue weighted by Gasteiger charge is -2.24. The van der Waals surface area contributed by atoms with Crippen molar-refractivity contribution in [2.75, 3.05) is 19.6 Å². The minimum absolute atomic E-state index is 0.285. The normalized spacial score (nSPS) is 26.9. The van der Waals surface area contributed by atoms with Crippen LogP contribution in [0.25, 0.3) is 0 Å². The highest BCUT2D eigenvalue weighted by atomic mass is 15.3. The van der Waals surface area contributed by atoms with Crippen LogP contribution in [0.3, 0.4) is 0 Å². The molecule has 1 unspecified atom stereocenters. The molecule has 1 fully saturated rings. The van der Waals surface area contributed by atoms with E-state index in [1.807, 2.05) is 23.1 Å². The van der Waals surface area contributed by atoms with Crippen molar-refractivity contribution >= 4 is 0 Å². The summed E-state index contributed by atoms with van der Waals surface area (Å²) in [6.45, 7) is 6.41. The van der Waals surface area contributed by atoms with Crippen molar-refractivity contribution in [1.29, 1.82) is 0 Å². The molecule has 78 valence electrons. The predicted octanol–water partition coefficient (Wildman–Crippen LogP) is 0.225. The van der Waals surface area contributed by atoms with Gasteiger partial charge in [-0.25, -0.2) is 0 Å². The highest BCUT2D eigenvalue weighted by Gasteiger charge is 2.26. The fourth-order valence-corrected chi connectivity index (χ4v) is 1.87. The first-order valence-corrected chi connectivity index (χ1v) is 5.22. The molecule has 1 aromatic heterocycles. The molecule has 14 heavy (non-hydrogen) atoms. The minimum Gasteiger partial charge on any atom is -0.315 e. The summed E-state index contributed by atoms with van der Waals surface area (Å²) in [5, 5.41) is 11.1. The van der Waals surface area contributed by atoms with E-state index in [0.29, 0.717) is 0 Å². The van der Waals surface area contributed by atoms with E-state index in [1.165, 1.54) is 6.42 Å². The molecule has 0 aromatic carbocycles. The van der Waals surface area contributed by atoms with Crippen molar-refractivity contribution in [3.8, 4) is 0 Å². The molecule has 0 bridgehead atoms. The first-order valence-electron chi connectivity index (χ1n) is 5.22. The van der Waals surface area contributed by atoms with Crippen molar-refractivity contribution in [2.45, 2.75) is 25.4 Å². The number of nitrogens with zero attached hydrogens (tertiary/aromatic N) is 2. The molecular formula is C10H18N4. The van der Waals surface area contributed by atoms with Gasteiger partial charge >= 0.3 is 0 Å². The van der Waals surface area contributed by atoms with E-state index in [0.717, 1.165) is 26.2 Å². The maximum atomic E-state index is 4.16. The second-order valence-electron chi connectivity index (χ2n) is 4.18. The van der Waals surface area contributed by atoms with E-state index in [2.05, 4.69) is 22.7 Å². The van der Waals surface area contributed by atoms with Gasteiger partial charge in [-0.3, -0.25) is 4.68 Å². The molecule has 0 spiro atoms. The van der Waals surface area contributed by atoms with Crippen LogP contribution in [0.2, 0.25) is 0 Å². The second kappa shape index (κ2) is 4.11. The zero-order valence-electron chi connectivity index (χ0n) is 8.66. The van der Waals surface area contributed by atoms with Crippen LogP contribution in [0, 0.1) is 0 Å². The highest BCUT2D eigenvalue weighted by molar-refractivity contribution is 4.91. The van der Waals surface area contributed by atoms with Gasteiger partial charge in [-0.2, -0.15) is 5.10 Å². The largest absolute Gasteiger partial charge is 0.315 e. The number of nitrogens with one attached hydrogen (secondary N) is 2. The molecule has 2 N–H and O–H groups in total. The fraction of sp³-hybridized carbons (Fsp3) is 0.700. The smallest absolute Gasteiger partial charge is 0.0534 e. The molecule has 4 nitrogen and oxygen atoms in total. The van der Waals surface area contributed by atoms with Crippen LogP contribution in [-0.4, -0.2) is 35.0 Å². The van der Waals surface area contributed by atoms with Gasteiger partial charge in [0.25, 0.3) is 0 Å². The van der Waals surface area contributed by atoms with Crippen LogP contribution in [-0.2, 0) is 6.54 Å². The Morgan fingerprint density at radius 2 is 2.57 bits per heavy atom. The molecule has 1 aliphatic heterocycles. The summed E-state index contributed by atoms with van der Waals surface area (Å²) < 4.78 is 1.96. The average molecular weight is 194 g/mol. The van der Waals surface area contributed by atoms with Crippen LogP contribution in [0.1, 0.15) is 13.3 Å². The van der Waals surface area contributed by atoms with E-state index < -0.39 is 0 Å². The Kier molecular flexibility index (Phi) is 2.84. The summed E-state index contributed by atoms with van der Waals surface area (Å²) in [4.78, 5) is 0. The Morgan fingerprint density at radius 1 is 1.64 bits per heavy atom. The Morgan fingerprint density at radius 3 is 3.21 bits per heavy atom. The fourth-order valence-electron chi connectivity index (χ4n) is 1.87. The molecule has 1 atom stereocenters. The molecule has 1 saturated heterocycles. The Balaban J connectivity index is 1.72. The zero-order valence-corrected chi connectivity index (χ0v) is 8.66. The van der Waals surface area contributed by atoms with Crippen LogP contribution in [0.4, 0.5) is 0 Å². The molecular weight excluding hydrogens is 176 g/mol. The summed E-state index contributed by atoms with van der Waals surface area (Å²) in [7, 11) is 0. The molecule has 0 amide bonds. The molecule has 2 heterocycles. The van der Waals surface area contributed by atoms with Gasteiger partial charge in [0.1, 0.15) is 0 Å². The van der Waals surface area contributed by atoms with Gasteiger partial charge in [-0.1, -0.05) is 0 Å². The molecule has 1 aromatic rings. The van der Waals surface area contributed by atoms with E-state index in [1.54, 1.807) is 0 Å². The van der Waals surface area contributed by atoms with Crippen LogP contribution in [0.15, 0.2) is 18.5 Å². The number of hydrogen-bond acceptors (Lipinski definition) is 3. The lowest BCUT2D eigenvalue weighted by atomic mass is 10.0. The quantitative estimate of drug-likeness (QED) is 0.720. The first kappa shape index (κ1) is 9.68. The van der Waals surface area contributed by atoms with Gasteiger partial charge in [0, 0.05) is 31.0 Å². The summed E-state index contributed by atoms with van der Waals surface area (Å²) in [5.74, 6) is 0. The summed E-state index contributed by atoms with van der Waals surface area (Å²) in [6.07, 6.45) is 5.03. The molecule has 0 aliphatic carbocycles. The van der Waals surface area contributed by atoms with Gasteiger partial charge in [0.2, 0.25) is 0 Å². The van der Waals surface area contributed by atoms with Crippen molar-refractivity contribution < 1.29 is 0 Å². The second-order valence-corrected chi connectivity index (χ2v) is 4.18. The summed E-state index contributed by atoms with van der Waals surface area (Å²) >= 11 is 0. The van der Waals surface area contributed by atoms with E-state index in [4.69, 9.17) is 0 Å². The van der Waals surface area contributed by atoms with Crippen molar-refractivity contribution in [1.82, 2.24) is 20.4 Å². The minimum atomic E-state index is 0.285.